The Labute approximate surface area is 154 Å². The third-order valence-corrected chi connectivity index (χ3v) is 6.07. The monoisotopic (exact) mass is 366 g/mol. The van der Waals surface area contributed by atoms with E-state index in [0.29, 0.717) is 30.8 Å². The molecule has 1 aromatic carbocycles. The maximum Gasteiger partial charge on any atom is 0.336 e. The van der Waals surface area contributed by atoms with Gasteiger partial charge in [0.15, 0.2) is 0 Å². The van der Waals surface area contributed by atoms with Crippen molar-refractivity contribution in [1.82, 2.24) is 0 Å². The van der Waals surface area contributed by atoms with Crippen molar-refractivity contribution in [2.45, 2.75) is 26.7 Å². The summed E-state index contributed by atoms with van der Waals surface area (Å²) in [5, 5.41) is 0.860. The minimum absolute atomic E-state index is 0.114. The van der Waals surface area contributed by atoms with Gasteiger partial charge in [-0.25, -0.2) is 4.79 Å². The Morgan fingerprint density at radius 3 is 2.67 bits per heavy atom. The van der Waals surface area contributed by atoms with Crippen LogP contribution in [-0.2, 0) is 20.7 Å². The Bertz CT molecular complexity index is 1110. The number of esters is 2. The first-order valence-electron chi connectivity index (χ1n) is 9.08. The molecule has 2 aromatic rings. The molecular weight excluding hydrogens is 348 g/mol. The van der Waals surface area contributed by atoms with Gasteiger partial charge in [0.25, 0.3) is 0 Å². The second kappa shape index (κ2) is 5.55. The summed E-state index contributed by atoms with van der Waals surface area (Å²) in [5.74, 6) is -1.11. The molecule has 5 rings (SSSR count). The van der Waals surface area contributed by atoms with Gasteiger partial charge in [0.05, 0.1) is 11.8 Å². The maximum absolute atomic E-state index is 12.3. The van der Waals surface area contributed by atoms with Crippen LogP contribution in [0.1, 0.15) is 23.1 Å². The van der Waals surface area contributed by atoms with Crippen LogP contribution in [0.25, 0.3) is 11.0 Å². The molecule has 27 heavy (non-hydrogen) atoms. The van der Waals surface area contributed by atoms with Crippen LogP contribution in [0.15, 0.2) is 33.0 Å². The van der Waals surface area contributed by atoms with E-state index in [9.17, 15) is 14.4 Å². The first-order chi connectivity index (χ1) is 12.9. The summed E-state index contributed by atoms with van der Waals surface area (Å²) in [4.78, 5) is 36.1. The summed E-state index contributed by atoms with van der Waals surface area (Å²) in [6, 6.07) is 3.45. The van der Waals surface area contributed by atoms with E-state index in [4.69, 9.17) is 13.9 Å². The number of rotatable bonds is 0. The Morgan fingerprint density at radius 1 is 1.04 bits per heavy atom. The molecule has 0 bridgehead atoms. The lowest BCUT2D eigenvalue weighted by Crippen LogP contribution is -2.33. The van der Waals surface area contributed by atoms with E-state index in [1.165, 1.54) is 6.07 Å². The van der Waals surface area contributed by atoms with Crippen LogP contribution in [0.5, 0.6) is 5.75 Å². The zero-order valence-corrected chi connectivity index (χ0v) is 15.0. The minimum atomic E-state index is -0.446. The van der Waals surface area contributed by atoms with Crippen molar-refractivity contribution in [3.63, 3.8) is 0 Å². The summed E-state index contributed by atoms with van der Waals surface area (Å²) in [6.07, 6.45) is 3.10. The molecule has 0 spiro atoms. The fourth-order valence-electron chi connectivity index (χ4n) is 4.73. The minimum Gasteiger partial charge on any atom is -0.489 e. The quantitative estimate of drug-likeness (QED) is 0.308. The number of carbonyl (C=O) groups excluding carboxylic acids is 2. The molecule has 0 N–H and O–H groups in total. The van der Waals surface area contributed by atoms with Crippen molar-refractivity contribution >= 4 is 22.9 Å². The van der Waals surface area contributed by atoms with Gasteiger partial charge in [-0.2, -0.15) is 0 Å². The summed E-state index contributed by atoms with van der Waals surface area (Å²) < 4.78 is 16.4. The Balaban J connectivity index is 1.67. The lowest BCUT2D eigenvalue weighted by molar-refractivity contribution is -0.154. The van der Waals surface area contributed by atoms with Gasteiger partial charge in [0.2, 0.25) is 0 Å². The highest BCUT2D eigenvalue weighted by Crippen LogP contribution is 2.46. The highest BCUT2D eigenvalue weighted by Gasteiger charge is 2.51. The number of cyclic esters (lactones) is 2. The normalized spacial score (nSPS) is 26.4. The molecule has 0 amide bonds. The number of allylic oxidation sites excluding steroid dienone is 1. The van der Waals surface area contributed by atoms with Gasteiger partial charge in [-0.1, -0.05) is 6.08 Å². The molecule has 0 radical (unpaired) electrons. The standard InChI is InChI=1S/C21H18O6/c1-9-5-16(22)26-19-10(2)18-12(6-14(9)19)7-15-11(8-25-18)3-4-13-17(15)21(24)27-20(13)23/h3,5-6,13,15,17H,4,7-8H2,1-2H3/t13-,15+,17-/m0/s1. The zero-order chi connectivity index (χ0) is 18.9. The molecule has 1 aromatic heterocycles. The third kappa shape index (κ3) is 2.29. The van der Waals surface area contributed by atoms with E-state index in [1.54, 1.807) is 0 Å². The summed E-state index contributed by atoms with van der Waals surface area (Å²) >= 11 is 0. The van der Waals surface area contributed by atoms with Crippen LogP contribution in [0, 0.1) is 31.6 Å². The number of aryl methyl sites for hydroxylation is 2. The molecular formula is C21H18O6. The van der Waals surface area contributed by atoms with E-state index in [0.717, 1.165) is 27.6 Å². The molecule has 138 valence electrons. The van der Waals surface area contributed by atoms with Crippen molar-refractivity contribution in [1.29, 1.82) is 0 Å². The molecule has 3 heterocycles. The zero-order valence-electron chi connectivity index (χ0n) is 15.0. The van der Waals surface area contributed by atoms with Gasteiger partial charge in [-0.05, 0) is 49.5 Å². The van der Waals surface area contributed by atoms with Crippen LogP contribution in [0.2, 0.25) is 0 Å². The van der Waals surface area contributed by atoms with Gasteiger partial charge in [-0.15, -0.1) is 0 Å². The highest BCUT2D eigenvalue weighted by atomic mass is 16.6. The van der Waals surface area contributed by atoms with Crippen molar-refractivity contribution in [2.75, 3.05) is 6.61 Å². The molecule has 1 aliphatic carbocycles. The third-order valence-electron chi connectivity index (χ3n) is 6.07. The van der Waals surface area contributed by atoms with Crippen LogP contribution < -0.4 is 10.4 Å². The second-order valence-electron chi connectivity index (χ2n) is 7.60. The molecule has 1 saturated heterocycles. The average molecular weight is 366 g/mol. The molecule has 3 atom stereocenters. The number of ether oxygens (including phenoxy) is 2. The van der Waals surface area contributed by atoms with E-state index < -0.39 is 23.8 Å². The first kappa shape index (κ1) is 16.3. The number of hydrogen-bond donors (Lipinski definition) is 0. The van der Waals surface area contributed by atoms with Crippen molar-refractivity contribution in [3.8, 4) is 5.75 Å². The summed E-state index contributed by atoms with van der Waals surface area (Å²) in [7, 11) is 0. The van der Waals surface area contributed by atoms with Crippen molar-refractivity contribution in [3.05, 3.63) is 50.9 Å². The lowest BCUT2D eigenvalue weighted by atomic mass is 9.71. The van der Waals surface area contributed by atoms with Crippen LogP contribution >= 0.6 is 0 Å². The number of benzene rings is 1. The average Bonchev–Trinajstić information content (AvgIpc) is 2.80. The van der Waals surface area contributed by atoms with Gasteiger partial charge >= 0.3 is 17.6 Å². The molecule has 6 heteroatoms. The molecule has 1 fully saturated rings. The van der Waals surface area contributed by atoms with Crippen LogP contribution in [0.4, 0.5) is 0 Å². The Hall–Kier alpha value is -2.89. The van der Waals surface area contributed by atoms with Gasteiger partial charge in [0.1, 0.15) is 17.9 Å². The van der Waals surface area contributed by atoms with E-state index in [2.05, 4.69) is 0 Å². The summed E-state index contributed by atoms with van der Waals surface area (Å²) in [5.41, 5.74) is 3.75. The second-order valence-corrected chi connectivity index (χ2v) is 7.60. The maximum atomic E-state index is 12.3. The van der Waals surface area contributed by atoms with Gasteiger partial charge in [-0.3, -0.25) is 9.59 Å². The van der Waals surface area contributed by atoms with Gasteiger partial charge in [0, 0.05) is 22.9 Å². The molecule has 0 saturated carbocycles. The number of carbonyl (C=O) groups is 2. The fourth-order valence-corrected chi connectivity index (χ4v) is 4.73. The largest absolute Gasteiger partial charge is 0.489 e. The SMILES string of the molecule is Cc1cc(=O)oc2c(C)c3c(cc12)C[C@@H]1C(=CC[C@@H]2C(=O)OC(=O)[C@@H]21)CO3. The van der Waals surface area contributed by atoms with Gasteiger partial charge < -0.3 is 13.9 Å². The van der Waals surface area contributed by atoms with E-state index in [1.807, 2.05) is 26.0 Å². The van der Waals surface area contributed by atoms with Crippen molar-refractivity contribution < 1.29 is 23.5 Å². The number of hydrogen-bond acceptors (Lipinski definition) is 6. The summed E-state index contributed by atoms with van der Waals surface area (Å²) in [6.45, 7) is 4.10. The van der Waals surface area contributed by atoms with Crippen LogP contribution in [0.3, 0.4) is 0 Å². The van der Waals surface area contributed by atoms with E-state index >= 15 is 0 Å². The predicted octanol–water partition coefficient (Wildman–Crippen LogP) is 2.61. The molecule has 0 unspecified atom stereocenters. The lowest BCUT2D eigenvalue weighted by Gasteiger charge is -2.28. The van der Waals surface area contributed by atoms with Crippen LogP contribution in [-0.4, -0.2) is 18.5 Å². The smallest absolute Gasteiger partial charge is 0.336 e. The topological polar surface area (TPSA) is 82.8 Å². The highest BCUT2D eigenvalue weighted by molar-refractivity contribution is 5.97. The van der Waals surface area contributed by atoms with E-state index in [-0.39, 0.29) is 11.5 Å². The van der Waals surface area contributed by atoms with Crippen molar-refractivity contribution in [2.24, 2.45) is 17.8 Å². The molecule has 6 nitrogen and oxygen atoms in total. The predicted molar refractivity (Wildman–Crippen MR) is 95.4 cm³/mol. The Morgan fingerprint density at radius 2 is 1.85 bits per heavy atom. The Kier molecular flexibility index (Phi) is 3.35. The fraction of sp³-hybridized carbons (Fsp3) is 0.381. The molecule has 3 aliphatic rings. The molecule has 2 aliphatic heterocycles. The number of fused-ring (bicyclic) bond motifs is 5. The first-order valence-corrected chi connectivity index (χ1v) is 9.08.